The zero-order chi connectivity index (χ0) is 12.4. The summed E-state index contributed by atoms with van der Waals surface area (Å²) in [6.07, 6.45) is 0. The third-order valence-electron chi connectivity index (χ3n) is 2.83. The highest BCUT2D eigenvalue weighted by Crippen LogP contribution is 2.26. The molecule has 2 rings (SSSR count). The highest BCUT2D eigenvalue weighted by atomic mass is 127. The molecule has 0 aliphatic rings. The summed E-state index contributed by atoms with van der Waals surface area (Å²) in [5.41, 5.74) is 11.2. The Labute approximate surface area is 115 Å². The van der Waals surface area contributed by atoms with Crippen LogP contribution in [0.25, 0.3) is 0 Å². The SMILES string of the molecule is Cc1ccc(Nc2cccc(N)c2C)cc1I. The lowest BCUT2D eigenvalue weighted by molar-refractivity contribution is 1.39. The highest BCUT2D eigenvalue weighted by molar-refractivity contribution is 14.1. The summed E-state index contributed by atoms with van der Waals surface area (Å²) in [6, 6.07) is 12.3. The predicted molar refractivity (Wildman–Crippen MR) is 82.8 cm³/mol. The van der Waals surface area contributed by atoms with Crippen LogP contribution in [0.3, 0.4) is 0 Å². The first-order valence-corrected chi connectivity index (χ1v) is 6.54. The number of hydrogen-bond acceptors (Lipinski definition) is 2. The summed E-state index contributed by atoms with van der Waals surface area (Å²) in [6.45, 7) is 4.13. The van der Waals surface area contributed by atoms with E-state index in [4.69, 9.17) is 5.73 Å². The summed E-state index contributed by atoms with van der Waals surface area (Å²) < 4.78 is 1.26. The molecule has 0 aliphatic carbocycles. The van der Waals surface area contributed by atoms with Crippen LogP contribution in [0.5, 0.6) is 0 Å². The second-order valence-corrected chi connectivity index (χ2v) is 5.27. The van der Waals surface area contributed by atoms with Crippen LogP contribution >= 0.6 is 22.6 Å². The van der Waals surface area contributed by atoms with Crippen LogP contribution in [0.15, 0.2) is 36.4 Å². The summed E-state index contributed by atoms with van der Waals surface area (Å²) in [7, 11) is 0. The molecule has 0 radical (unpaired) electrons. The highest BCUT2D eigenvalue weighted by Gasteiger charge is 2.02. The Hall–Kier alpha value is -1.23. The molecule has 88 valence electrons. The molecular formula is C14H15IN2. The predicted octanol–water partition coefficient (Wildman–Crippen LogP) is 4.23. The number of aryl methyl sites for hydroxylation is 1. The molecule has 2 nitrogen and oxygen atoms in total. The number of nitrogens with one attached hydrogen (secondary N) is 1. The molecule has 0 saturated carbocycles. The first kappa shape index (κ1) is 12.2. The number of anilines is 3. The fourth-order valence-electron chi connectivity index (χ4n) is 1.62. The van der Waals surface area contributed by atoms with Gasteiger partial charge in [0.05, 0.1) is 0 Å². The molecule has 17 heavy (non-hydrogen) atoms. The lowest BCUT2D eigenvalue weighted by Gasteiger charge is -2.12. The van der Waals surface area contributed by atoms with Crippen LogP contribution in [-0.4, -0.2) is 0 Å². The van der Waals surface area contributed by atoms with E-state index < -0.39 is 0 Å². The maximum absolute atomic E-state index is 5.89. The van der Waals surface area contributed by atoms with E-state index in [1.165, 1.54) is 9.13 Å². The van der Waals surface area contributed by atoms with Gasteiger partial charge in [0.25, 0.3) is 0 Å². The van der Waals surface area contributed by atoms with Crippen LogP contribution in [0, 0.1) is 17.4 Å². The molecule has 0 atom stereocenters. The number of hydrogen-bond donors (Lipinski definition) is 2. The molecule has 0 bridgehead atoms. The molecule has 2 aromatic rings. The van der Waals surface area contributed by atoms with Crippen LogP contribution < -0.4 is 11.1 Å². The van der Waals surface area contributed by atoms with Crippen molar-refractivity contribution in [3.05, 3.63) is 51.1 Å². The van der Waals surface area contributed by atoms with E-state index >= 15 is 0 Å². The first-order valence-electron chi connectivity index (χ1n) is 5.46. The van der Waals surface area contributed by atoms with E-state index in [9.17, 15) is 0 Å². The molecule has 0 amide bonds. The van der Waals surface area contributed by atoms with Crippen molar-refractivity contribution in [1.29, 1.82) is 0 Å². The number of nitrogen functional groups attached to an aromatic ring is 1. The minimum atomic E-state index is 0.816. The Morgan fingerprint density at radius 1 is 1.12 bits per heavy atom. The van der Waals surface area contributed by atoms with Gasteiger partial charge in [0.1, 0.15) is 0 Å². The van der Waals surface area contributed by atoms with Gasteiger partial charge >= 0.3 is 0 Å². The smallest absolute Gasteiger partial charge is 0.0434 e. The summed E-state index contributed by atoms with van der Waals surface area (Å²) in [5, 5.41) is 3.40. The summed E-state index contributed by atoms with van der Waals surface area (Å²) >= 11 is 2.34. The quantitative estimate of drug-likeness (QED) is 0.635. The number of nitrogens with two attached hydrogens (primary N) is 1. The van der Waals surface area contributed by atoms with E-state index in [1.54, 1.807) is 0 Å². The second-order valence-electron chi connectivity index (χ2n) is 4.11. The maximum atomic E-state index is 5.89. The zero-order valence-electron chi connectivity index (χ0n) is 9.92. The van der Waals surface area contributed by atoms with Crippen LogP contribution in [0.1, 0.15) is 11.1 Å². The van der Waals surface area contributed by atoms with Gasteiger partial charge in [-0.05, 0) is 71.8 Å². The van der Waals surface area contributed by atoms with Gasteiger partial charge in [0, 0.05) is 20.6 Å². The third kappa shape index (κ3) is 2.72. The maximum Gasteiger partial charge on any atom is 0.0434 e. The minimum absolute atomic E-state index is 0.816. The molecule has 0 spiro atoms. The lowest BCUT2D eigenvalue weighted by atomic mass is 10.1. The Balaban J connectivity index is 2.31. The van der Waals surface area contributed by atoms with Gasteiger partial charge in [-0.3, -0.25) is 0 Å². The average Bonchev–Trinajstić information content (AvgIpc) is 2.30. The summed E-state index contributed by atoms with van der Waals surface area (Å²) in [4.78, 5) is 0. The van der Waals surface area contributed by atoms with Crippen molar-refractivity contribution in [3.63, 3.8) is 0 Å². The van der Waals surface area contributed by atoms with Crippen molar-refractivity contribution in [2.45, 2.75) is 13.8 Å². The van der Waals surface area contributed by atoms with Crippen LogP contribution in [-0.2, 0) is 0 Å². The minimum Gasteiger partial charge on any atom is -0.398 e. The van der Waals surface area contributed by atoms with E-state index in [0.717, 1.165) is 22.6 Å². The Morgan fingerprint density at radius 2 is 1.88 bits per heavy atom. The number of benzene rings is 2. The molecule has 0 aromatic heterocycles. The van der Waals surface area contributed by atoms with Gasteiger partial charge in [0.2, 0.25) is 0 Å². The van der Waals surface area contributed by atoms with Gasteiger partial charge in [-0.25, -0.2) is 0 Å². The van der Waals surface area contributed by atoms with Crippen molar-refractivity contribution in [2.24, 2.45) is 0 Å². The van der Waals surface area contributed by atoms with Gasteiger partial charge in [-0.15, -0.1) is 0 Å². The van der Waals surface area contributed by atoms with Crippen molar-refractivity contribution >= 4 is 39.7 Å². The molecule has 0 fully saturated rings. The molecule has 3 N–H and O–H groups in total. The monoisotopic (exact) mass is 338 g/mol. The molecular weight excluding hydrogens is 323 g/mol. The van der Waals surface area contributed by atoms with Gasteiger partial charge in [-0.2, -0.15) is 0 Å². The molecule has 0 heterocycles. The van der Waals surface area contributed by atoms with E-state index in [1.807, 2.05) is 25.1 Å². The molecule has 2 aromatic carbocycles. The van der Waals surface area contributed by atoms with Crippen molar-refractivity contribution in [3.8, 4) is 0 Å². The second kappa shape index (κ2) is 4.96. The third-order valence-corrected chi connectivity index (χ3v) is 3.99. The first-order chi connectivity index (χ1) is 8.08. The fraction of sp³-hybridized carbons (Fsp3) is 0.143. The van der Waals surface area contributed by atoms with E-state index in [2.05, 4.69) is 53.0 Å². The zero-order valence-corrected chi connectivity index (χ0v) is 12.1. The van der Waals surface area contributed by atoms with Gasteiger partial charge < -0.3 is 11.1 Å². The molecule has 0 aliphatic heterocycles. The average molecular weight is 338 g/mol. The van der Waals surface area contributed by atoms with Gasteiger partial charge in [-0.1, -0.05) is 12.1 Å². The van der Waals surface area contributed by atoms with E-state index in [0.29, 0.717) is 0 Å². The Kier molecular flexibility index (Phi) is 3.57. The van der Waals surface area contributed by atoms with Crippen molar-refractivity contribution < 1.29 is 0 Å². The van der Waals surface area contributed by atoms with Crippen molar-refractivity contribution in [2.75, 3.05) is 11.1 Å². The Morgan fingerprint density at radius 3 is 2.59 bits per heavy atom. The number of rotatable bonds is 2. The fourth-order valence-corrected chi connectivity index (χ4v) is 2.13. The topological polar surface area (TPSA) is 38.0 Å². The standard InChI is InChI=1S/C14H15IN2/c1-9-6-7-11(8-12(9)15)17-14-5-3-4-13(16)10(14)2/h3-8,17H,16H2,1-2H3. The van der Waals surface area contributed by atoms with Gasteiger partial charge in [0.15, 0.2) is 0 Å². The van der Waals surface area contributed by atoms with E-state index in [-0.39, 0.29) is 0 Å². The largest absolute Gasteiger partial charge is 0.398 e. The normalized spacial score (nSPS) is 10.3. The van der Waals surface area contributed by atoms with Crippen LogP contribution in [0.4, 0.5) is 17.1 Å². The van der Waals surface area contributed by atoms with Crippen LogP contribution in [0.2, 0.25) is 0 Å². The lowest BCUT2D eigenvalue weighted by Crippen LogP contribution is -1.97. The summed E-state index contributed by atoms with van der Waals surface area (Å²) in [5.74, 6) is 0. The Bertz CT molecular complexity index is 550. The molecule has 0 unspecified atom stereocenters. The molecule has 3 heteroatoms. The number of halogens is 1. The molecule has 0 saturated heterocycles. The van der Waals surface area contributed by atoms with Crippen molar-refractivity contribution in [1.82, 2.24) is 0 Å².